The topological polar surface area (TPSA) is 110 Å². The van der Waals surface area contributed by atoms with Crippen LogP contribution in [0.1, 0.15) is 28.9 Å². The first-order valence-corrected chi connectivity index (χ1v) is 11.0. The van der Waals surface area contributed by atoms with Gasteiger partial charge in [0.05, 0.1) is 7.11 Å². The zero-order valence-electron chi connectivity index (χ0n) is 15.4. The van der Waals surface area contributed by atoms with E-state index in [1.165, 1.54) is 7.11 Å². The summed E-state index contributed by atoms with van der Waals surface area (Å²) in [5.74, 6) is 0.119. The van der Waals surface area contributed by atoms with Gasteiger partial charge in [0.2, 0.25) is 9.47 Å². The van der Waals surface area contributed by atoms with E-state index in [-0.39, 0.29) is 9.47 Å². The summed E-state index contributed by atoms with van der Waals surface area (Å²) in [7, 11) is -2.43. The monoisotopic (exact) mass is 452 g/mol. The fourth-order valence-electron chi connectivity index (χ4n) is 2.51. The lowest BCUT2D eigenvalue weighted by Gasteiger charge is -2.16. The van der Waals surface area contributed by atoms with Gasteiger partial charge in [-0.3, -0.25) is 10.1 Å². The fraction of sp³-hybridized carbons (Fsp3) is 0.167. The van der Waals surface area contributed by atoms with Gasteiger partial charge in [-0.05, 0) is 37.3 Å². The van der Waals surface area contributed by atoms with Crippen molar-refractivity contribution in [3.63, 3.8) is 0 Å². The number of carbonyl (C=O) groups excluding carboxylic acids is 1. The Morgan fingerprint density at radius 1 is 1.14 bits per heavy atom. The molecule has 1 atom stereocenters. The molecule has 3 aromatic rings. The maximum Gasteiger partial charge on any atom is 0.270 e. The number of hydrogen-bond acceptors (Lipinski definition) is 7. The van der Waals surface area contributed by atoms with Gasteiger partial charge in [0, 0.05) is 22.2 Å². The van der Waals surface area contributed by atoms with Crippen molar-refractivity contribution in [2.45, 2.75) is 17.3 Å². The molecule has 0 radical (unpaired) electrons. The summed E-state index contributed by atoms with van der Waals surface area (Å²) in [6.45, 7) is 1.69. The number of aromatic nitrogens is 2. The van der Waals surface area contributed by atoms with Gasteiger partial charge in [-0.1, -0.05) is 41.1 Å². The van der Waals surface area contributed by atoms with Crippen LogP contribution >= 0.6 is 22.9 Å². The third-order valence-electron chi connectivity index (χ3n) is 3.90. The van der Waals surface area contributed by atoms with Crippen LogP contribution in [0.25, 0.3) is 0 Å². The number of benzene rings is 2. The van der Waals surface area contributed by atoms with E-state index in [1.54, 1.807) is 55.5 Å². The Balaban J connectivity index is 1.73. The molecule has 0 unspecified atom stereocenters. The Morgan fingerprint density at radius 3 is 2.52 bits per heavy atom. The standard InChI is InChI=1S/C18H17ClN4O4S2/c1-11(14-5-3-4-6-15(14)27-2)23-29(25,26)18-22-21-17(28-18)20-16(24)12-7-9-13(19)10-8-12/h3-11,23H,1-2H3,(H,20,21,24)/t11-/m1/s1. The summed E-state index contributed by atoms with van der Waals surface area (Å²) in [5.41, 5.74) is 1.04. The van der Waals surface area contributed by atoms with Gasteiger partial charge in [0.15, 0.2) is 0 Å². The molecule has 2 N–H and O–H groups in total. The molecule has 2 aromatic carbocycles. The van der Waals surface area contributed by atoms with E-state index in [0.717, 1.165) is 11.3 Å². The predicted molar refractivity (Wildman–Crippen MR) is 111 cm³/mol. The lowest BCUT2D eigenvalue weighted by atomic mass is 10.1. The number of anilines is 1. The first-order chi connectivity index (χ1) is 13.8. The van der Waals surface area contributed by atoms with Crippen molar-refractivity contribution in [1.82, 2.24) is 14.9 Å². The van der Waals surface area contributed by atoms with Crippen molar-refractivity contribution in [2.75, 3.05) is 12.4 Å². The number of nitrogens with one attached hydrogen (secondary N) is 2. The minimum Gasteiger partial charge on any atom is -0.496 e. The highest BCUT2D eigenvalue weighted by atomic mass is 35.5. The molecule has 1 amide bonds. The summed E-state index contributed by atoms with van der Waals surface area (Å²) >= 11 is 6.55. The second-order valence-corrected chi connectivity index (χ2v) is 9.22. The van der Waals surface area contributed by atoms with Crippen LogP contribution in [0.5, 0.6) is 5.75 Å². The Morgan fingerprint density at radius 2 is 1.83 bits per heavy atom. The summed E-state index contributed by atoms with van der Waals surface area (Å²) < 4.78 is 32.9. The van der Waals surface area contributed by atoms with E-state index in [9.17, 15) is 13.2 Å². The Bertz CT molecular complexity index is 1120. The maximum absolute atomic E-state index is 12.7. The highest BCUT2D eigenvalue weighted by Gasteiger charge is 2.25. The molecule has 8 nitrogen and oxygen atoms in total. The lowest BCUT2D eigenvalue weighted by molar-refractivity contribution is 0.102. The van der Waals surface area contributed by atoms with Crippen LogP contribution in [0.2, 0.25) is 5.02 Å². The molecule has 152 valence electrons. The Labute approximate surface area is 176 Å². The normalized spacial score (nSPS) is 12.4. The number of amides is 1. The molecule has 0 bridgehead atoms. The molecule has 29 heavy (non-hydrogen) atoms. The van der Waals surface area contributed by atoms with Crippen LogP contribution in [0.3, 0.4) is 0 Å². The predicted octanol–water partition coefficient (Wildman–Crippen LogP) is 3.49. The number of carbonyl (C=O) groups is 1. The minimum absolute atomic E-state index is 0.0651. The van der Waals surface area contributed by atoms with E-state index in [4.69, 9.17) is 16.3 Å². The quantitative estimate of drug-likeness (QED) is 0.531. The van der Waals surface area contributed by atoms with Gasteiger partial charge in [0.25, 0.3) is 15.9 Å². The van der Waals surface area contributed by atoms with Crippen molar-refractivity contribution in [3.8, 4) is 5.75 Å². The van der Waals surface area contributed by atoms with Gasteiger partial charge in [-0.2, -0.15) is 0 Å². The largest absolute Gasteiger partial charge is 0.496 e. The molecule has 0 fully saturated rings. The highest BCUT2D eigenvalue weighted by Crippen LogP contribution is 2.27. The lowest BCUT2D eigenvalue weighted by Crippen LogP contribution is -2.27. The van der Waals surface area contributed by atoms with E-state index in [1.807, 2.05) is 0 Å². The van der Waals surface area contributed by atoms with Crippen molar-refractivity contribution >= 4 is 44.0 Å². The number of rotatable bonds is 7. The zero-order valence-corrected chi connectivity index (χ0v) is 17.8. The summed E-state index contributed by atoms with van der Waals surface area (Å²) in [4.78, 5) is 12.2. The van der Waals surface area contributed by atoms with Gasteiger partial charge in [-0.15, -0.1) is 10.2 Å². The van der Waals surface area contributed by atoms with Crippen molar-refractivity contribution in [3.05, 3.63) is 64.7 Å². The molecular formula is C18H17ClN4O4S2. The number of para-hydroxylation sites is 1. The van der Waals surface area contributed by atoms with Crippen molar-refractivity contribution in [2.24, 2.45) is 0 Å². The molecule has 1 aromatic heterocycles. The van der Waals surface area contributed by atoms with Crippen LogP contribution in [-0.4, -0.2) is 31.6 Å². The van der Waals surface area contributed by atoms with E-state index in [0.29, 0.717) is 21.9 Å². The average Bonchev–Trinajstić information content (AvgIpc) is 3.17. The van der Waals surface area contributed by atoms with Crippen LogP contribution < -0.4 is 14.8 Å². The first kappa shape index (κ1) is 21.2. The van der Waals surface area contributed by atoms with Gasteiger partial charge < -0.3 is 4.74 Å². The van der Waals surface area contributed by atoms with Crippen molar-refractivity contribution < 1.29 is 17.9 Å². The average molecular weight is 453 g/mol. The van der Waals surface area contributed by atoms with Crippen LogP contribution in [0, 0.1) is 0 Å². The molecule has 0 aliphatic rings. The second kappa shape index (κ2) is 8.87. The molecule has 1 heterocycles. The highest BCUT2D eigenvalue weighted by molar-refractivity contribution is 7.91. The number of ether oxygens (including phenoxy) is 1. The number of sulfonamides is 1. The van der Waals surface area contributed by atoms with Gasteiger partial charge in [0.1, 0.15) is 5.75 Å². The van der Waals surface area contributed by atoms with Crippen molar-refractivity contribution in [1.29, 1.82) is 0 Å². The van der Waals surface area contributed by atoms with E-state index in [2.05, 4.69) is 20.2 Å². The van der Waals surface area contributed by atoms with Gasteiger partial charge in [-0.25, -0.2) is 13.1 Å². The van der Waals surface area contributed by atoms with Gasteiger partial charge >= 0.3 is 0 Å². The minimum atomic E-state index is -3.95. The zero-order chi connectivity index (χ0) is 21.0. The smallest absolute Gasteiger partial charge is 0.270 e. The molecule has 0 aliphatic carbocycles. The number of methoxy groups -OCH3 is 1. The Hall–Kier alpha value is -2.53. The molecule has 0 spiro atoms. The molecule has 0 saturated carbocycles. The SMILES string of the molecule is COc1ccccc1[C@@H](C)NS(=O)(=O)c1nnc(NC(=O)c2ccc(Cl)cc2)s1. The number of nitrogens with zero attached hydrogens (tertiary/aromatic N) is 2. The summed E-state index contributed by atoms with van der Waals surface area (Å²) in [6.07, 6.45) is 0. The number of hydrogen-bond donors (Lipinski definition) is 2. The van der Waals surface area contributed by atoms with Crippen LogP contribution in [-0.2, 0) is 10.0 Å². The molecule has 3 rings (SSSR count). The first-order valence-electron chi connectivity index (χ1n) is 8.36. The molecule has 0 aliphatic heterocycles. The summed E-state index contributed by atoms with van der Waals surface area (Å²) in [6, 6.07) is 12.8. The molecular weight excluding hydrogens is 436 g/mol. The third kappa shape index (κ3) is 5.10. The number of halogens is 1. The fourth-order valence-corrected chi connectivity index (χ4v) is 4.77. The second-order valence-electron chi connectivity index (χ2n) is 5.92. The summed E-state index contributed by atoms with van der Waals surface area (Å²) in [5, 5.41) is 10.5. The van der Waals surface area contributed by atoms with E-state index >= 15 is 0 Å². The Kier molecular flexibility index (Phi) is 6.48. The molecule has 11 heteroatoms. The third-order valence-corrected chi connectivity index (χ3v) is 6.90. The van der Waals surface area contributed by atoms with E-state index < -0.39 is 22.0 Å². The maximum atomic E-state index is 12.7. The van der Waals surface area contributed by atoms with Crippen LogP contribution in [0.4, 0.5) is 5.13 Å². The van der Waals surface area contributed by atoms with Crippen LogP contribution in [0.15, 0.2) is 52.9 Å². The molecule has 0 saturated heterocycles.